The van der Waals surface area contributed by atoms with E-state index in [1.807, 2.05) is 4.90 Å². The number of hydrogen-bond donors (Lipinski definition) is 3. The number of aliphatic carboxylic acids is 1. The number of carbonyl (C=O) groups is 3. The minimum atomic E-state index is -0.806. The van der Waals surface area contributed by atoms with Crippen LogP contribution in [0.3, 0.4) is 0 Å². The number of carboxylic acids is 1. The van der Waals surface area contributed by atoms with Crippen molar-refractivity contribution < 1.29 is 19.5 Å². The molecule has 3 N–H and O–H groups in total. The van der Waals surface area contributed by atoms with Crippen molar-refractivity contribution in [2.45, 2.75) is 38.6 Å². The average Bonchev–Trinajstić information content (AvgIpc) is 2.84. The Morgan fingerprint density at radius 1 is 1.24 bits per heavy atom. The molecule has 1 heterocycles. The van der Waals surface area contributed by atoms with E-state index in [-0.39, 0.29) is 24.4 Å². The van der Waals surface area contributed by atoms with Crippen LogP contribution in [0.5, 0.6) is 0 Å². The second-order valence-corrected chi connectivity index (χ2v) is 6.08. The summed E-state index contributed by atoms with van der Waals surface area (Å²) in [4.78, 5) is 36.0. The molecule has 7 nitrogen and oxygen atoms in total. The SMILES string of the molecule is CC(C(=O)O)C1CN(CC(=O)NC(=O)NC2CCCC2)C1. The lowest BCUT2D eigenvalue weighted by Gasteiger charge is -2.40. The number of amides is 3. The van der Waals surface area contributed by atoms with E-state index in [0.717, 1.165) is 25.7 Å². The maximum Gasteiger partial charge on any atom is 0.321 e. The van der Waals surface area contributed by atoms with Gasteiger partial charge in [-0.2, -0.15) is 0 Å². The Morgan fingerprint density at radius 3 is 2.43 bits per heavy atom. The summed E-state index contributed by atoms with van der Waals surface area (Å²) in [6.07, 6.45) is 4.19. The lowest BCUT2D eigenvalue weighted by molar-refractivity contribution is -0.145. The van der Waals surface area contributed by atoms with E-state index in [2.05, 4.69) is 10.6 Å². The zero-order chi connectivity index (χ0) is 15.4. The third-order valence-corrected chi connectivity index (χ3v) is 4.39. The number of nitrogens with one attached hydrogen (secondary N) is 2. The van der Waals surface area contributed by atoms with Crippen molar-refractivity contribution in [1.29, 1.82) is 0 Å². The van der Waals surface area contributed by atoms with E-state index in [0.29, 0.717) is 13.1 Å². The van der Waals surface area contributed by atoms with Crippen molar-refractivity contribution in [2.24, 2.45) is 11.8 Å². The average molecular weight is 297 g/mol. The van der Waals surface area contributed by atoms with E-state index < -0.39 is 17.9 Å². The molecule has 0 aromatic heterocycles. The topological polar surface area (TPSA) is 98.7 Å². The van der Waals surface area contributed by atoms with Crippen LogP contribution >= 0.6 is 0 Å². The summed E-state index contributed by atoms with van der Waals surface area (Å²) in [6.45, 7) is 3.00. The number of urea groups is 1. The Balaban J connectivity index is 1.62. The van der Waals surface area contributed by atoms with Gasteiger partial charge in [0.05, 0.1) is 12.5 Å². The molecule has 1 saturated heterocycles. The summed E-state index contributed by atoms with van der Waals surface area (Å²) in [5, 5.41) is 14.0. The molecule has 1 atom stereocenters. The zero-order valence-corrected chi connectivity index (χ0v) is 12.3. The molecule has 0 spiro atoms. The van der Waals surface area contributed by atoms with E-state index in [9.17, 15) is 14.4 Å². The van der Waals surface area contributed by atoms with Crippen LogP contribution < -0.4 is 10.6 Å². The number of carboxylic acid groups (broad SMARTS) is 1. The van der Waals surface area contributed by atoms with Gasteiger partial charge in [-0.15, -0.1) is 0 Å². The van der Waals surface area contributed by atoms with Crippen molar-refractivity contribution in [3.8, 4) is 0 Å². The van der Waals surface area contributed by atoms with Gasteiger partial charge in [-0.05, 0) is 18.8 Å². The first-order valence-electron chi connectivity index (χ1n) is 7.51. The summed E-state index contributed by atoms with van der Waals surface area (Å²) in [5.74, 6) is -1.45. The van der Waals surface area contributed by atoms with Gasteiger partial charge in [0.1, 0.15) is 0 Å². The molecule has 0 radical (unpaired) electrons. The number of likely N-dealkylation sites (tertiary alicyclic amines) is 1. The van der Waals surface area contributed by atoms with Crippen LogP contribution in [-0.4, -0.2) is 53.6 Å². The molecule has 118 valence electrons. The van der Waals surface area contributed by atoms with Crippen LogP contribution in [0.1, 0.15) is 32.6 Å². The van der Waals surface area contributed by atoms with Crippen molar-refractivity contribution in [1.82, 2.24) is 15.5 Å². The van der Waals surface area contributed by atoms with Crippen LogP contribution in [0.4, 0.5) is 4.79 Å². The van der Waals surface area contributed by atoms with Gasteiger partial charge in [0.15, 0.2) is 0 Å². The molecular formula is C14H23N3O4. The molecule has 1 unspecified atom stereocenters. The molecule has 0 bridgehead atoms. The Hall–Kier alpha value is -1.63. The Morgan fingerprint density at radius 2 is 1.86 bits per heavy atom. The molecule has 2 fully saturated rings. The molecular weight excluding hydrogens is 274 g/mol. The summed E-state index contributed by atoms with van der Waals surface area (Å²) >= 11 is 0. The maximum atomic E-state index is 11.7. The number of nitrogens with zero attached hydrogens (tertiary/aromatic N) is 1. The quantitative estimate of drug-likeness (QED) is 0.682. The predicted molar refractivity (Wildman–Crippen MR) is 75.7 cm³/mol. The largest absolute Gasteiger partial charge is 0.481 e. The van der Waals surface area contributed by atoms with Gasteiger partial charge in [-0.3, -0.25) is 19.8 Å². The molecule has 0 aromatic carbocycles. The van der Waals surface area contributed by atoms with E-state index in [4.69, 9.17) is 5.11 Å². The van der Waals surface area contributed by atoms with Gasteiger partial charge in [0.2, 0.25) is 5.91 Å². The highest BCUT2D eigenvalue weighted by atomic mass is 16.4. The molecule has 3 amide bonds. The number of imide groups is 1. The van der Waals surface area contributed by atoms with Gasteiger partial charge in [-0.1, -0.05) is 19.8 Å². The highest BCUT2D eigenvalue weighted by Crippen LogP contribution is 2.23. The monoisotopic (exact) mass is 297 g/mol. The third kappa shape index (κ3) is 4.42. The molecule has 2 rings (SSSR count). The maximum absolute atomic E-state index is 11.7. The zero-order valence-electron chi connectivity index (χ0n) is 12.3. The second-order valence-electron chi connectivity index (χ2n) is 6.08. The van der Waals surface area contributed by atoms with Crippen molar-refractivity contribution in [2.75, 3.05) is 19.6 Å². The molecule has 1 aliphatic carbocycles. The van der Waals surface area contributed by atoms with Crippen molar-refractivity contribution in [3.63, 3.8) is 0 Å². The molecule has 7 heteroatoms. The van der Waals surface area contributed by atoms with Gasteiger partial charge in [-0.25, -0.2) is 4.79 Å². The molecule has 0 aromatic rings. The normalized spacial score (nSPS) is 21.6. The third-order valence-electron chi connectivity index (χ3n) is 4.39. The lowest BCUT2D eigenvalue weighted by Crippen LogP contribution is -2.55. The predicted octanol–water partition coefficient (Wildman–Crippen LogP) is 0.407. The first-order chi connectivity index (χ1) is 9.95. The van der Waals surface area contributed by atoms with Crippen LogP contribution in [0.2, 0.25) is 0 Å². The second kappa shape index (κ2) is 6.89. The molecule has 1 saturated carbocycles. The highest BCUT2D eigenvalue weighted by Gasteiger charge is 2.35. The van der Waals surface area contributed by atoms with Crippen molar-refractivity contribution in [3.05, 3.63) is 0 Å². The first-order valence-corrected chi connectivity index (χ1v) is 7.51. The van der Waals surface area contributed by atoms with Gasteiger partial charge >= 0.3 is 12.0 Å². The Kier molecular flexibility index (Phi) is 5.17. The first kappa shape index (κ1) is 15.8. The summed E-state index contributed by atoms with van der Waals surface area (Å²) in [5.41, 5.74) is 0. The summed E-state index contributed by atoms with van der Waals surface area (Å²) < 4.78 is 0. The number of hydrogen-bond acceptors (Lipinski definition) is 4. The van der Waals surface area contributed by atoms with Gasteiger partial charge in [0.25, 0.3) is 0 Å². The van der Waals surface area contributed by atoms with E-state index in [1.165, 1.54) is 0 Å². The minimum absolute atomic E-state index is 0.0858. The summed E-state index contributed by atoms with van der Waals surface area (Å²) in [7, 11) is 0. The molecule has 21 heavy (non-hydrogen) atoms. The van der Waals surface area contributed by atoms with Crippen LogP contribution in [0.15, 0.2) is 0 Å². The standard InChI is InChI=1S/C14H23N3O4/c1-9(13(19)20)10-6-17(7-10)8-12(18)16-14(21)15-11-4-2-3-5-11/h9-11H,2-8H2,1H3,(H,19,20)(H2,15,16,18,21). The fourth-order valence-corrected chi connectivity index (χ4v) is 2.92. The smallest absolute Gasteiger partial charge is 0.321 e. The van der Waals surface area contributed by atoms with E-state index >= 15 is 0 Å². The Labute approximate surface area is 124 Å². The van der Waals surface area contributed by atoms with Crippen molar-refractivity contribution >= 4 is 17.9 Å². The minimum Gasteiger partial charge on any atom is -0.481 e. The highest BCUT2D eigenvalue weighted by molar-refractivity contribution is 5.95. The van der Waals surface area contributed by atoms with Gasteiger partial charge < -0.3 is 10.4 Å². The van der Waals surface area contributed by atoms with Gasteiger partial charge in [0, 0.05) is 19.1 Å². The molecule has 2 aliphatic rings. The van der Waals surface area contributed by atoms with E-state index in [1.54, 1.807) is 6.92 Å². The number of carbonyl (C=O) groups excluding carboxylic acids is 2. The summed E-state index contributed by atoms with van der Waals surface area (Å²) in [6, 6.07) is -0.245. The van der Waals surface area contributed by atoms with Crippen LogP contribution in [-0.2, 0) is 9.59 Å². The fraction of sp³-hybridized carbons (Fsp3) is 0.786. The number of rotatable bonds is 5. The fourth-order valence-electron chi connectivity index (χ4n) is 2.92. The van der Waals surface area contributed by atoms with Crippen LogP contribution in [0.25, 0.3) is 0 Å². The lowest BCUT2D eigenvalue weighted by atomic mass is 9.87. The molecule has 1 aliphatic heterocycles. The Bertz CT molecular complexity index is 414. The van der Waals surface area contributed by atoms with Crippen LogP contribution in [0, 0.1) is 11.8 Å².